The fourth-order valence-corrected chi connectivity index (χ4v) is 5.86. The van der Waals surface area contributed by atoms with E-state index in [1.165, 1.54) is 5.56 Å². The van der Waals surface area contributed by atoms with Gasteiger partial charge in [0.05, 0.1) is 11.4 Å². The Morgan fingerprint density at radius 1 is 1.17 bits per heavy atom. The zero-order valence-electron chi connectivity index (χ0n) is 17.1. The summed E-state index contributed by atoms with van der Waals surface area (Å²) in [5.41, 5.74) is 1.85. The smallest absolute Gasteiger partial charge is 0.263 e. The minimum absolute atomic E-state index is 0.0883. The van der Waals surface area contributed by atoms with Gasteiger partial charge in [-0.3, -0.25) is 14.5 Å². The van der Waals surface area contributed by atoms with E-state index in [9.17, 15) is 13.2 Å². The Morgan fingerprint density at radius 3 is 2.67 bits per heavy atom. The summed E-state index contributed by atoms with van der Waals surface area (Å²) in [5, 5.41) is 0. The van der Waals surface area contributed by atoms with Crippen molar-refractivity contribution in [3.63, 3.8) is 0 Å². The molecule has 2 atom stereocenters. The van der Waals surface area contributed by atoms with Crippen molar-refractivity contribution in [2.45, 2.75) is 49.5 Å². The largest absolute Gasteiger partial charge is 0.339 e. The fraction of sp³-hybridized carbons (Fsp3) is 0.391. The van der Waals surface area contributed by atoms with Crippen LogP contribution in [0.2, 0.25) is 0 Å². The van der Waals surface area contributed by atoms with Crippen LogP contribution in [0.1, 0.15) is 49.7 Å². The van der Waals surface area contributed by atoms with Crippen molar-refractivity contribution < 1.29 is 13.2 Å². The van der Waals surface area contributed by atoms with E-state index < -0.39 is 10.0 Å². The van der Waals surface area contributed by atoms with Crippen LogP contribution in [0.4, 0.5) is 0 Å². The molecule has 2 aliphatic heterocycles. The van der Waals surface area contributed by atoms with Crippen LogP contribution in [-0.2, 0) is 14.8 Å². The Labute approximate surface area is 178 Å². The van der Waals surface area contributed by atoms with E-state index in [2.05, 4.69) is 40.9 Å². The van der Waals surface area contributed by atoms with Gasteiger partial charge in [-0.2, -0.15) is 0 Å². The van der Waals surface area contributed by atoms with E-state index in [1.54, 1.807) is 24.3 Å². The number of carbonyl (C=O) groups is 1. The lowest BCUT2D eigenvalue weighted by Gasteiger charge is -2.31. The van der Waals surface area contributed by atoms with Gasteiger partial charge in [0.1, 0.15) is 5.84 Å². The van der Waals surface area contributed by atoms with Gasteiger partial charge in [0, 0.05) is 30.5 Å². The van der Waals surface area contributed by atoms with Crippen molar-refractivity contribution in [2.24, 2.45) is 4.99 Å². The molecule has 0 spiro atoms. The van der Waals surface area contributed by atoms with E-state index in [0.29, 0.717) is 17.3 Å². The van der Waals surface area contributed by atoms with Gasteiger partial charge < -0.3 is 4.90 Å². The molecular weight excluding hydrogens is 398 g/mol. The molecule has 158 valence electrons. The van der Waals surface area contributed by atoms with Gasteiger partial charge in [0.2, 0.25) is 5.91 Å². The summed E-state index contributed by atoms with van der Waals surface area (Å²) < 4.78 is 26.9. The monoisotopic (exact) mass is 425 g/mol. The molecule has 0 saturated carbocycles. The van der Waals surface area contributed by atoms with Crippen LogP contribution in [-0.4, -0.2) is 44.2 Å². The van der Waals surface area contributed by atoms with Crippen molar-refractivity contribution >= 4 is 21.8 Å². The zero-order chi connectivity index (χ0) is 21.1. The summed E-state index contributed by atoms with van der Waals surface area (Å²) in [5.74, 6) is 0.745. The Morgan fingerprint density at radius 2 is 1.90 bits per heavy atom. The molecule has 0 unspecified atom stereocenters. The second-order valence-electron chi connectivity index (χ2n) is 7.80. The molecule has 1 N–H and O–H groups in total. The summed E-state index contributed by atoms with van der Waals surface area (Å²) in [6.45, 7) is 3.21. The van der Waals surface area contributed by atoms with Crippen molar-refractivity contribution in [2.75, 3.05) is 13.1 Å². The van der Waals surface area contributed by atoms with Crippen LogP contribution < -0.4 is 4.72 Å². The lowest BCUT2D eigenvalue weighted by atomic mass is 9.87. The molecule has 2 aromatic carbocycles. The van der Waals surface area contributed by atoms with Crippen LogP contribution in [0, 0.1) is 0 Å². The van der Waals surface area contributed by atoms with Crippen molar-refractivity contribution in [1.82, 2.24) is 9.62 Å². The molecule has 0 aliphatic carbocycles. The number of amidine groups is 1. The van der Waals surface area contributed by atoms with Gasteiger partial charge in [-0.25, -0.2) is 8.42 Å². The maximum Gasteiger partial charge on any atom is 0.263 e. The van der Waals surface area contributed by atoms with Gasteiger partial charge in [0.15, 0.2) is 0 Å². The summed E-state index contributed by atoms with van der Waals surface area (Å²) in [6.07, 6.45) is 3.29. The molecule has 30 heavy (non-hydrogen) atoms. The topological polar surface area (TPSA) is 78.8 Å². The molecule has 0 aromatic heterocycles. The summed E-state index contributed by atoms with van der Waals surface area (Å²) in [4.78, 5) is 19.6. The zero-order valence-corrected chi connectivity index (χ0v) is 17.9. The van der Waals surface area contributed by atoms with Crippen molar-refractivity contribution in [1.29, 1.82) is 0 Å². The third-order valence-corrected chi connectivity index (χ3v) is 7.41. The average Bonchev–Trinajstić information content (AvgIpc) is 3.33. The lowest BCUT2D eigenvalue weighted by Crippen LogP contribution is -2.39. The van der Waals surface area contributed by atoms with Gasteiger partial charge >= 0.3 is 0 Å². The second-order valence-corrected chi connectivity index (χ2v) is 9.45. The number of hydrogen-bond donors (Lipinski definition) is 1. The van der Waals surface area contributed by atoms with Gasteiger partial charge in [-0.05, 0) is 37.0 Å². The van der Waals surface area contributed by atoms with Crippen molar-refractivity contribution in [3.8, 4) is 0 Å². The first-order chi connectivity index (χ1) is 14.5. The summed E-state index contributed by atoms with van der Waals surface area (Å²) in [7, 11) is -3.55. The maximum atomic E-state index is 13.0. The van der Waals surface area contributed by atoms with Crippen LogP contribution in [0.3, 0.4) is 0 Å². The number of fused-ring (bicyclic) bond motifs is 1. The molecule has 4 rings (SSSR count). The fourth-order valence-electron chi connectivity index (χ4n) is 4.61. The first-order valence-electron chi connectivity index (χ1n) is 10.5. The van der Waals surface area contributed by atoms with Crippen LogP contribution in [0.5, 0.6) is 0 Å². The molecule has 1 fully saturated rings. The second kappa shape index (κ2) is 8.60. The Bertz CT molecular complexity index is 1050. The number of rotatable bonds is 6. The molecule has 2 heterocycles. The lowest BCUT2D eigenvalue weighted by molar-refractivity contribution is -0.132. The highest BCUT2D eigenvalue weighted by Gasteiger charge is 2.34. The number of amides is 1. The highest BCUT2D eigenvalue weighted by molar-refractivity contribution is 7.90. The Kier molecular flexibility index (Phi) is 5.90. The van der Waals surface area contributed by atoms with E-state index in [-0.39, 0.29) is 29.8 Å². The molecular formula is C23H27N3O3S. The van der Waals surface area contributed by atoms with Crippen LogP contribution in [0.15, 0.2) is 64.5 Å². The van der Waals surface area contributed by atoms with Crippen LogP contribution >= 0.6 is 0 Å². The standard InChI is InChI=1S/C23H27N3O3S/c1-2-18(17-9-4-3-5-10-17)20-12-8-16-26(20)22(27)14-15-24-23-19-11-6-7-13-21(19)30(28,29)25-23/h3-7,9-11,13,18,20H,2,8,12,14-16H2,1H3,(H,24,25)/t18-,20+/m1/s1. The van der Waals surface area contributed by atoms with E-state index in [1.807, 2.05) is 11.0 Å². The first kappa shape index (κ1) is 20.6. The predicted molar refractivity (Wildman–Crippen MR) is 117 cm³/mol. The molecule has 0 radical (unpaired) electrons. The molecule has 0 bridgehead atoms. The van der Waals surface area contributed by atoms with Gasteiger partial charge in [0.25, 0.3) is 10.0 Å². The average molecular weight is 426 g/mol. The normalized spacial score (nSPS) is 22.0. The quantitative estimate of drug-likeness (QED) is 0.771. The number of hydrogen-bond acceptors (Lipinski definition) is 4. The molecule has 2 aliphatic rings. The van der Waals surface area contributed by atoms with E-state index >= 15 is 0 Å². The molecule has 1 saturated heterocycles. The number of carbonyl (C=O) groups excluding carboxylic acids is 1. The highest BCUT2D eigenvalue weighted by Crippen LogP contribution is 2.34. The number of nitrogens with zero attached hydrogens (tertiary/aromatic N) is 2. The minimum atomic E-state index is -3.55. The first-order valence-corrected chi connectivity index (χ1v) is 12.0. The number of nitrogens with one attached hydrogen (secondary N) is 1. The molecule has 1 amide bonds. The van der Waals surface area contributed by atoms with Gasteiger partial charge in [-0.1, -0.05) is 49.4 Å². The molecule has 6 nitrogen and oxygen atoms in total. The van der Waals surface area contributed by atoms with E-state index in [0.717, 1.165) is 25.8 Å². The molecule has 7 heteroatoms. The SMILES string of the molecule is CC[C@H](c1ccccc1)[C@@H]1CCCN1C(=O)CCN=C1NS(=O)(=O)c2ccccc21. The maximum absolute atomic E-state index is 13.0. The number of likely N-dealkylation sites (tertiary alicyclic amines) is 1. The summed E-state index contributed by atoms with van der Waals surface area (Å²) >= 11 is 0. The van der Waals surface area contributed by atoms with Crippen molar-refractivity contribution in [3.05, 3.63) is 65.7 Å². The number of aliphatic imine (C=N–C) groups is 1. The molecule has 2 aromatic rings. The third kappa shape index (κ3) is 3.99. The Balaban J connectivity index is 1.44. The van der Waals surface area contributed by atoms with Crippen LogP contribution in [0.25, 0.3) is 0 Å². The highest BCUT2D eigenvalue weighted by atomic mass is 32.2. The van der Waals surface area contributed by atoms with E-state index in [4.69, 9.17) is 0 Å². The minimum Gasteiger partial charge on any atom is -0.339 e. The third-order valence-electron chi connectivity index (χ3n) is 6.01. The Hall–Kier alpha value is -2.67. The predicted octanol–water partition coefficient (Wildman–Crippen LogP) is 3.30. The number of sulfonamides is 1. The summed E-state index contributed by atoms with van der Waals surface area (Å²) in [6, 6.07) is 17.4. The number of benzene rings is 2. The van der Waals surface area contributed by atoms with Gasteiger partial charge in [-0.15, -0.1) is 0 Å².